The second-order valence-corrected chi connectivity index (χ2v) is 9.34. The van der Waals surface area contributed by atoms with Gasteiger partial charge in [-0.15, -0.1) is 0 Å². The summed E-state index contributed by atoms with van der Waals surface area (Å²) in [5, 5.41) is 6.04. The molecule has 1 atom stereocenters. The fourth-order valence-corrected chi connectivity index (χ4v) is 4.78. The molecule has 11 heteroatoms. The number of imidazole rings is 1. The third kappa shape index (κ3) is 5.38. The Morgan fingerprint density at radius 3 is 2.58 bits per heavy atom. The predicted octanol–water partition coefficient (Wildman–Crippen LogP) is 3.23. The topological polar surface area (TPSA) is 126 Å². The number of anilines is 1. The van der Waals surface area contributed by atoms with E-state index in [-0.39, 0.29) is 24.4 Å². The van der Waals surface area contributed by atoms with Gasteiger partial charge in [0.15, 0.2) is 0 Å². The van der Waals surface area contributed by atoms with Gasteiger partial charge < -0.3 is 26.2 Å². The van der Waals surface area contributed by atoms with Gasteiger partial charge in [-0.2, -0.15) is 0 Å². The van der Waals surface area contributed by atoms with Gasteiger partial charge in [0.1, 0.15) is 11.9 Å². The van der Waals surface area contributed by atoms with Gasteiger partial charge in [0, 0.05) is 36.3 Å². The second-order valence-electron chi connectivity index (χ2n) is 8.91. The van der Waals surface area contributed by atoms with E-state index in [2.05, 4.69) is 22.2 Å². The molecule has 3 heterocycles. The molecule has 10 nitrogen and oxygen atoms in total. The molecule has 190 valence electrons. The molecule has 2 aliphatic rings. The summed E-state index contributed by atoms with van der Waals surface area (Å²) in [6.07, 6.45) is 6.19. The second kappa shape index (κ2) is 10.9. The van der Waals surface area contributed by atoms with Gasteiger partial charge in [-0.05, 0) is 55.8 Å². The van der Waals surface area contributed by atoms with Crippen molar-refractivity contribution in [2.24, 2.45) is 5.73 Å². The molecule has 0 spiro atoms. The van der Waals surface area contributed by atoms with Gasteiger partial charge in [-0.3, -0.25) is 9.36 Å². The van der Waals surface area contributed by atoms with Gasteiger partial charge in [0.05, 0.1) is 18.4 Å². The van der Waals surface area contributed by atoms with Crippen molar-refractivity contribution in [3.63, 3.8) is 0 Å². The van der Waals surface area contributed by atoms with Crippen molar-refractivity contribution in [2.75, 3.05) is 18.4 Å². The van der Waals surface area contributed by atoms with Gasteiger partial charge in [0.2, 0.25) is 5.91 Å². The smallest absolute Gasteiger partial charge is 0.330 e. The molecule has 0 bridgehead atoms. The first-order valence-electron chi connectivity index (χ1n) is 11.8. The quantitative estimate of drug-likeness (QED) is 0.492. The lowest BCUT2D eigenvalue weighted by Gasteiger charge is -2.37. The van der Waals surface area contributed by atoms with Crippen LogP contribution in [0.25, 0.3) is 0 Å². The summed E-state index contributed by atoms with van der Waals surface area (Å²) in [5.41, 5.74) is 7.75. The van der Waals surface area contributed by atoms with Gasteiger partial charge in [0.25, 0.3) is 0 Å². The van der Waals surface area contributed by atoms with E-state index in [4.69, 9.17) is 17.3 Å². The van der Waals surface area contributed by atoms with E-state index in [9.17, 15) is 14.4 Å². The molecule has 4 amide bonds. The number of aryl methyl sites for hydroxylation is 1. The maximum Gasteiger partial charge on any atom is 0.330 e. The summed E-state index contributed by atoms with van der Waals surface area (Å²) in [7, 11) is 0. The standard InChI is InChI=1S/C25H30ClN7O3/c1-3-17(13-27)12-22(30-24(35)29-19-6-4-18(26)5-7-19)23(34)31-10-8-20(9-11-31)32-15-21-14-28-16(2)33(21)25(32)36/h3-7,13-14,20,22H,1,8-12,15,27H2,2H3,(H2,29,30,35)/b17-13+/t22-/m1/s1. The summed E-state index contributed by atoms with van der Waals surface area (Å²) >= 11 is 5.90. The Morgan fingerprint density at radius 1 is 1.28 bits per heavy atom. The zero-order valence-corrected chi connectivity index (χ0v) is 20.9. The van der Waals surface area contributed by atoms with Crippen LogP contribution < -0.4 is 16.4 Å². The molecule has 1 aromatic carbocycles. The first kappa shape index (κ1) is 25.3. The van der Waals surface area contributed by atoms with Crippen LogP contribution in [0.1, 0.15) is 30.8 Å². The van der Waals surface area contributed by atoms with Crippen molar-refractivity contribution in [3.05, 3.63) is 71.4 Å². The Labute approximate surface area is 214 Å². The van der Waals surface area contributed by atoms with E-state index in [0.29, 0.717) is 54.6 Å². The van der Waals surface area contributed by atoms with Crippen LogP contribution in [0.15, 0.2) is 54.9 Å². The molecule has 0 radical (unpaired) electrons. The lowest BCUT2D eigenvalue weighted by Crippen LogP contribution is -2.54. The van der Waals surface area contributed by atoms with E-state index < -0.39 is 12.1 Å². The number of urea groups is 1. The van der Waals surface area contributed by atoms with Crippen molar-refractivity contribution in [2.45, 2.75) is 44.8 Å². The lowest BCUT2D eigenvalue weighted by atomic mass is 10.0. The number of carbonyl (C=O) groups excluding carboxylic acids is 3. The molecule has 1 aromatic heterocycles. The first-order chi connectivity index (χ1) is 17.3. The molecule has 0 aliphatic carbocycles. The number of carbonyl (C=O) groups is 3. The van der Waals surface area contributed by atoms with Gasteiger partial charge in [-0.25, -0.2) is 14.6 Å². The Bertz CT molecular complexity index is 1180. The number of nitrogens with zero attached hydrogens (tertiary/aromatic N) is 4. The van der Waals surface area contributed by atoms with E-state index in [1.807, 2.05) is 11.8 Å². The maximum atomic E-state index is 13.4. The molecule has 4 N–H and O–H groups in total. The first-order valence-corrected chi connectivity index (χ1v) is 12.2. The predicted molar refractivity (Wildman–Crippen MR) is 137 cm³/mol. The van der Waals surface area contributed by atoms with Crippen LogP contribution in [-0.4, -0.2) is 62.5 Å². The highest BCUT2D eigenvalue weighted by Crippen LogP contribution is 2.26. The van der Waals surface area contributed by atoms with Crippen LogP contribution in [0.3, 0.4) is 0 Å². The molecule has 0 saturated carbocycles. The molecule has 2 aliphatic heterocycles. The molecule has 1 saturated heterocycles. The lowest BCUT2D eigenvalue weighted by molar-refractivity contribution is -0.134. The molecule has 2 aromatic rings. The highest BCUT2D eigenvalue weighted by Gasteiger charge is 2.37. The molecular formula is C25H30ClN7O3. The van der Waals surface area contributed by atoms with Crippen LogP contribution >= 0.6 is 11.6 Å². The van der Waals surface area contributed by atoms with Crippen molar-refractivity contribution >= 4 is 35.3 Å². The number of nitrogens with one attached hydrogen (secondary N) is 2. The van der Waals surface area contributed by atoms with Crippen molar-refractivity contribution < 1.29 is 14.4 Å². The summed E-state index contributed by atoms with van der Waals surface area (Å²) in [5.74, 6) is 0.474. The summed E-state index contributed by atoms with van der Waals surface area (Å²) in [6.45, 7) is 7.03. The number of rotatable bonds is 7. The Kier molecular flexibility index (Phi) is 7.64. The van der Waals surface area contributed by atoms with Crippen LogP contribution in [-0.2, 0) is 11.3 Å². The number of benzene rings is 1. The third-order valence-corrected chi connectivity index (χ3v) is 6.87. The molecule has 4 rings (SSSR count). The molecule has 36 heavy (non-hydrogen) atoms. The Balaban J connectivity index is 1.38. The Morgan fingerprint density at radius 2 is 1.97 bits per heavy atom. The van der Waals surface area contributed by atoms with E-state index in [1.54, 1.807) is 46.0 Å². The number of nitrogens with two attached hydrogens (primary N) is 1. The van der Waals surface area contributed by atoms with Crippen molar-refractivity contribution in [1.82, 2.24) is 24.7 Å². The zero-order chi connectivity index (χ0) is 25.8. The number of likely N-dealkylation sites (tertiary alicyclic amines) is 1. The minimum absolute atomic E-state index is 0.0353. The fourth-order valence-electron chi connectivity index (χ4n) is 4.65. The number of amides is 4. The molecular weight excluding hydrogens is 482 g/mol. The average molecular weight is 512 g/mol. The van der Waals surface area contributed by atoms with E-state index in [0.717, 1.165) is 5.69 Å². The maximum absolute atomic E-state index is 13.4. The van der Waals surface area contributed by atoms with E-state index >= 15 is 0 Å². The highest BCUT2D eigenvalue weighted by atomic mass is 35.5. The number of allylic oxidation sites excluding steroid dienone is 1. The minimum Gasteiger partial charge on any atom is -0.404 e. The highest BCUT2D eigenvalue weighted by molar-refractivity contribution is 6.30. The monoisotopic (exact) mass is 511 g/mol. The van der Waals surface area contributed by atoms with Crippen molar-refractivity contribution in [3.8, 4) is 0 Å². The number of hydrogen-bond donors (Lipinski definition) is 3. The van der Waals surface area contributed by atoms with Crippen LogP contribution in [0.2, 0.25) is 5.02 Å². The van der Waals surface area contributed by atoms with Gasteiger partial charge in [-0.1, -0.05) is 24.3 Å². The summed E-state index contributed by atoms with van der Waals surface area (Å²) in [4.78, 5) is 46.8. The average Bonchev–Trinajstić information content (AvgIpc) is 3.42. The number of hydrogen-bond acceptors (Lipinski definition) is 5. The number of piperidine rings is 1. The zero-order valence-electron chi connectivity index (χ0n) is 20.1. The largest absolute Gasteiger partial charge is 0.404 e. The third-order valence-electron chi connectivity index (χ3n) is 6.62. The van der Waals surface area contributed by atoms with Crippen LogP contribution in [0, 0.1) is 6.92 Å². The summed E-state index contributed by atoms with van der Waals surface area (Å²) in [6, 6.07) is 5.30. The normalized spacial score (nSPS) is 17.1. The van der Waals surface area contributed by atoms with E-state index in [1.165, 1.54) is 6.20 Å². The summed E-state index contributed by atoms with van der Waals surface area (Å²) < 4.78 is 1.65. The Hall–Kier alpha value is -3.79. The molecule has 1 fully saturated rings. The van der Waals surface area contributed by atoms with Crippen LogP contribution in [0.5, 0.6) is 0 Å². The van der Waals surface area contributed by atoms with Crippen molar-refractivity contribution in [1.29, 1.82) is 0 Å². The van der Waals surface area contributed by atoms with Gasteiger partial charge >= 0.3 is 12.1 Å². The minimum atomic E-state index is -0.829. The SMILES string of the molecule is C=C/C(=C\N)C[C@@H](NC(=O)Nc1ccc(Cl)cc1)C(=O)N1CCC(N2Cc3cnc(C)n3C2=O)CC1. The van der Waals surface area contributed by atoms with Crippen LogP contribution in [0.4, 0.5) is 15.3 Å². The number of fused-ring (bicyclic) bond motifs is 1. The number of halogens is 1. The molecule has 0 unspecified atom stereocenters. The fraction of sp³-hybridized carbons (Fsp3) is 0.360. The number of aromatic nitrogens is 2.